The van der Waals surface area contributed by atoms with E-state index in [1.165, 1.54) is 25.7 Å². The molecule has 0 bridgehead atoms. The monoisotopic (exact) mass is 416 g/mol. The molecule has 160 valence electrons. The summed E-state index contributed by atoms with van der Waals surface area (Å²) in [6.07, 6.45) is 8.11. The average Bonchev–Trinajstić information content (AvgIpc) is 3.19. The zero-order valence-electron chi connectivity index (χ0n) is 18.2. The first kappa shape index (κ1) is 20.9. The number of nitriles is 1. The average molecular weight is 417 g/mol. The Balaban J connectivity index is 1.53. The second kappa shape index (κ2) is 8.76. The van der Waals surface area contributed by atoms with Crippen molar-refractivity contribution in [3.63, 3.8) is 0 Å². The standard InChI is InChI=1S/C24H28N6O/c1-16-4-5-17(2)11-20(10-16)29(3)24-9-8-22(27-28-24)21-7-6-19(12-23(21)31)30-14-18(13-25)26-15-30/h6-9,12,14-17,20,31H,4-5,10-11H2,1-3H3/t16-,17+,20?. The van der Waals surface area contributed by atoms with Crippen LogP contribution in [0.15, 0.2) is 42.9 Å². The quantitative estimate of drug-likeness (QED) is 0.627. The van der Waals surface area contributed by atoms with Crippen molar-refractivity contribution in [2.75, 3.05) is 11.9 Å². The highest BCUT2D eigenvalue weighted by molar-refractivity contribution is 5.69. The minimum absolute atomic E-state index is 0.103. The molecule has 0 aliphatic heterocycles. The lowest BCUT2D eigenvalue weighted by Gasteiger charge is -2.30. The maximum atomic E-state index is 10.6. The van der Waals surface area contributed by atoms with Gasteiger partial charge in [-0.15, -0.1) is 10.2 Å². The Hall–Kier alpha value is -3.40. The molecule has 7 heteroatoms. The van der Waals surface area contributed by atoms with Crippen LogP contribution in [0.4, 0.5) is 5.82 Å². The Kier molecular flexibility index (Phi) is 5.90. The maximum absolute atomic E-state index is 10.6. The molecule has 1 saturated carbocycles. The number of phenolic OH excluding ortho intramolecular Hbond substituents is 1. The van der Waals surface area contributed by atoms with E-state index in [9.17, 15) is 5.11 Å². The minimum atomic E-state index is 0.103. The molecule has 0 amide bonds. The lowest BCUT2D eigenvalue weighted by Crippen LogP contribution is -2.34. The highest BCUT2D eigenvalue weighted by atomic mass is 16.3. The molecule has 3 atom stereocenters. The van der Waals surface area contributed by atoms with Crippen LogP contribution in [0.1, 0.15) is 45.2 Å². The van der Waals surface area contributed by atoms with Crippen LogP contribution in [0.25, 0.3) is 16.9 Å². The number of aromatic nitrogens is 4. The predicted octanol–water partition coefficient (Wildman–Crippen LogP) is 4.56. The third-order valence-electron chi connectivity index (χ3n) is 6.31. The molecule has 1 unspecified atom stereocenters. The van der Waals surface area contributed by atoms with Gasteiger partial charge in [-0.2, -0.15) is 5.26 Å². The third kappa shape index (κ3) is 4.53. The molecule has 0 radical (unpaired) electrons. The topological polar surface area (TPSA) is 90.9 Å². The summed E-state index contributed by atoms with van der Waals surface area (Å²) >= 11 is 0. The van der Waals surface area contributed by atoms with E-state index in [1.54, 1.807) is 29.2 Å². The summed E-state index contributed by atoms with van der Waals surface area (Å²) in [4.78, 5) is 6.25. The van der Waals surface area contributed by atoms with Crippen LogP contribution in [0, 0.1) is 23.2 Å². The second-order valence-electron chi connectivity index (χ2n) is 8.78. The molecule has 2 aromatic heterocycles. The number of hydrogen-bond acceptors (Lipinski definition) is 6. The van der Waals surface area contributed by atoms with Crippen molar-refractivity contribution in [1.29, 1.82) is 5.26 Å². The molecule has 4 rings (SSSR count). The smallest absolute Gasteiger partial charge is 0.158 e. The fraction of sp³-hybridized carbons (Fsp3) is 0.417. The molecular weight excluding hydrogens is 388 g/mol. The van der Waals surface area contributed by atoms with E-state index in [0.717, 1.165) is 23.3 Å². The number of nitrogens with zero attached hydrogens (tertiary/aromatic N) is 6. The summed E-state index contributed by atoms with van der Waals surface area (Å²) in [6.45, 7) is 4.68. The lowest BCUT2D eigenvalue weighted by molar-refractivity contribution is 0.446. The van der Waals surface area contributed by atoms with Gasteiger partial charge in [-0.3, -0.25) is 0 Å². The maximum Gasteiger partial charge on any atom is 0.158 e. The lowest BCUT2D eigenvalue weighted by atomic mass is 9.98. The van der Waals surface area contributed by atoms with Crippen LogP contribution in [-0.2, 0) is 0 Å². The van der Waals surface area contributed by atoms with Gasteiger partial charge in [-0.05, 0) is 48.9 Å². The zero-order chi connectivity index (χ0) is 22.0. The molecule has 1 aliphatic carbocycles. The SMILES string of the molecule is C[C@@H]1CC[C@H](C)CC(N(C)c2ccc(-c3ccc(-n4cnc(C#N)c4)cc3O)nn2)C1. The first-order chi connectivity index (χ1) is 14.9. The number of aromatic hydroxyl groups is 1. The van der Waals surface area contributed by atoms with Gasteiger partial charge in [0.15, 0.2) is 11.5 Å². The summed E-state index contributed by atoms with van der Waals surface area (Å²) in [5, 5.41) is 28.4. The number of benzene rings is 1. The van der Waals surface area contributed by atoms with E-state index in [2.05, 4.69) is 41.0 Å². The first-order valence-corrected chi connectivity index (χ1v) is 10.8. The third-order valence-corrected chi connectivity index (χ3v) is 6.31. The summed E-state index contributed by atoms with van der Waals surface area (Å²) in [5.41, 5.74) is 2.28. The van der Waals surface area contributed by atoms with E-state index in [1.807, 2.05) is 24.3 Å². The molecule has 1 fully saturated rings. The van der Waals surface area contributed by atoms with Gasteiger partial charge in [0, 0.05) is 30.9 Å². The van der Waals surface area contributed by atoms with Crippen molar-refractivity contribution in [3.05, 3.63) is 48.5 Å². The fourth-order valence-electron chi connectivity index (χ4n) is 4.41. The van der Waals surface area contributed by atoms with Gasteiger partial charge in [-0.1, -0.05) is 26.7 Å². The molecule has 1 N–H and O–H groups in total. The van der Waals surface area contributed by atoms with Crippen molar-refractivity contribution in [3.8, 4) is 28.8 Å². The fourth-order valence-corrected chi connectivity index (χ4v) is 4.41. The predicted molar refractivity (Wildman–Crippen MR) is 120 cm³/mol. The van der Waals surface area contributed by atoms with Gasteiger partial charge in [0.2, 0.25) is 0 Å². The molecule has 31 heavy (non-hydrogen) atoms. The molecule has 0 spiro atoms. The zero-order valence-corrected chi connectivity index (χ0v) is 18.2. The summed E-state index contributed by atoms with van der Waals surface area (Å²) in [5.74, 6) is 2.40. The van der Waals surface area contributed by atoms with Crippen LogP contribution in [0.3, 0.4) is 0 Å². The Morgan fingerprint density at radius 1 is 1.10 bits per heavy atom. The van der Waals surface area contributed by atoms with Crippen LogP contribution in [0.5, 0.6) is 5.75 Å². The van der Waals surface area contributed by atoms with Crippen molar-refractivity contribution < 1.29 is 5.11 Å². The first-order valence-electron chi connectivity index (χ1n) is 10.8. The van der Waals surface area contributed by atoms with E-state index >= 15 is 0 Å². The summed E-state index contributed by atoms with van der Waals surface area (Å²) in [6, 6.07) is 11.6. The van der Waals surface area contributed by atoms with Crippen molar-refractivity contribution in [2.24, 2.45) is 11.8 Å². The van der Waals surface area contributed by atoms with Crippen molar-refractivity contribution in [2.45, 2.75) is 45.6 Å². The van der Waals surface area contributed by atoms with Crippen LogP contribution >= 0.6 is 0 Å². The molecule has 7 nitrogen and oxygen atoms in total. The highest BCUT2D eigenvalue weighted by Crippen LogP contribution is 2.33. The van der Waals surface area contributed by atoms with Crippen LogP contribution in [0.2, 0.25) is 0 Å². The molecule has 1 aliphatic rings. The highest BCUT2D eigenvalue weighted by Gasteiger charge is 2.25. The van der Waals surface area contributed by atoms with Gasteiger partial charge in [0.25, 0.3) is 0 Å². The molecule has 3 aromatic rings. The number of rotatable bonds is 4. The molecular formula is C24H28N6O. The molecule has 0 saturated heterocycles. The Morgan fingerprint density at radius 3 is 2.42 bits per heavy atom. The second-order valence-corrected chi connectivity index (χ2v) is 8.78. The van der Waals surface area contributed by atoms with Crippen molar-refractivity contribution >= 4 is 5.82 Å². The summed E-state index contributed by atoms with van der Waals surface area (Å²) < 4.78 is 1.69. The van der Waals surface area contributed by atoms with Gasteiger partial charge in [0.05, 0.1) is 11.4 Å². The van der Waals surface area contributed by atoms with Crippen LogP contribution in [-0.4, -0.2) is 37.9 Å². The number of hydrogen-bond donors (Lipinski definition) is 1. The normalized spacial score (nSPS) is 21.3. The van der Waals surface area contributed by atoms with Gasteiger partial charge in [-0.25, -0.2) is 4.98 Å². The molecule has 2 heterocycles. The minimum Gasteiger partial charge on any atom is -0.507 e. The van der Waals surface area contributed by atoms with E-state index in [4.69, 9.17) is 5.26 Å². The number of imidazole rings is 1. The largest absolute Gasteiger partial charge is 0.507 e. The van der Waals surface area contributed by atoms with Gasteiger partial charge < -0.3 is 14.6 Å². The van der Waals surface area contributed by atoms with Crippen molar-refractivity contribution in [1.82, 2.24) is 19.7 Å². The van der Waals surface area contributed by atoms with Gasteiger partial charge >= 0.3 is 0 Å². The number of anilines is 1. The Labute approximate surface area is 183 Å². The van der Waals surface area contributed by atoms with Gasteiger partial charge in [0.1, 0.15) is 18.1 Å². The summed E-state index contributed by atoms with van der Waals surface area (Å²) in [7, 11) is 2.10. The Morgan fingerprint density at radius 2 is 1.84 bits per heavy atom. The van der Waals surface area contributed by atoms with Crippen LogP contribution < -0.4 is 4.90 Å². The number of phenols is 1. The van der Waals surface area contributed by atoms with E-state index in [0.29, 0.717) is 23.0 Å². The van der Waals surface area contributed by atoms with E-state index < -0.39 is 0 Å². The molecule has 1 aromatic carbocycles. The van der Waals surface area contributed by atoms with E-state index in [-0.39, 0.29) is 5.75 Å². The Bertz CT molecular complexity index is 1070.